The van der Waals surface area contributed by atoms with E-state index in [0.29, 0.717) is 11.4 Å². The summed E-state index contributed by atoms with van der Waals surface area (Å²) in [5, 5.41) is 7.73. The highest BCUT2D eigenvalue weighted by molar-refractivity contribution is 7.90. The summed E-state index contributed by atoms with van der Waals surface area (Å²) in [6, 6.07) is 14.4. The third kappa shape index (κ3) is 2.80. The van der Waals surface area contributed by atoms with Gasteiger partial charge >= 0.3 is 0 Å². The van der Waals surface area contributed by atoms with E-state index in [1.54, 1.807) is 41.3 Å². The number of aromatic nitrogens is 3. The molecule has 2 heterocycles. The Morgan fingerprint density at radius 1 is 1.12 bits per heavy atom. The van der Waals surface area contributed by atoms with Crippen molar-refractivity contribution in [2.24, 2.45) is 4.99 Å². The van der Waals surface area contributed by atoms with Gasteiger partial charge in [-0.15, -0.1) is 5.10 Å². The third-order valence-electron chi connectivity index (χ3n) is 4.05. The molecule has 1 N–H and O–H groups in total. The van der Waals surface area contributed by atoms with Crippen LogP contribution in [0, 0.1) is 0 Å². The summed E-state index contributed by atoms with van der Waals surface area (Å²) in [6.45, 7) is 1.92. The molecule has 4 rings (SSSR count). The minimum absolute atomic E-state index is 0.200. The lowest BCUT2D eigenvalue weighted by molar-refractivity contribution is 0.595. The Bertz CT molecular complexity index is 1040. The van der Waals surface area contributed by atoms with E-state index in [9.17, 15) is 8.42 Å². The Morgan fingerprint density at radius 2 is 1.88 bits per heavy atom. The summed E-state index contributed by atoms with van der Waals surface area (Å²) < 4.78 is 28.5. The quantitative estimate of drug-likeness (QED) is 0.780. The zero-order valence-electron chi connectivity index (χ0n) is 13.4. The van der Waals surface area contributed by atoms with Crippen LogP contribution in [0.3, 0.4) is 0 Å². The van der Waals surface area contributed by atoms with Gasteiger partial charge in [0, 0.05) is 5.56 Å². The Morgan fingerprint density at radius 3 is 2.60 bits per heavy atom. The normalized spacial score (nSPS) is 17.9. The maximum absolute atomic E-state index is 12.1. The van der Waals surface area contributed by atoms with Gasteiger partial charge in [-0.3, -0.25) is 9.71 Å². The van der Waals surface area contributed by atoms with Gasteiger partial charge in [0.2, 0.25) is 0 Å². The van der Waals surface area contributed by atoms with Crippen LogP contribution < -0.4 is 4.72 Å². The molecule has 1 atom stereocenters. The van der Waals surface area contributed by atoms with Crippen molar-refractivity contribution in [3.63, 3.8) is 0 Å². The van der Waals surface area contributed by atoms with Crippen LogP contribution in [0.25, 0.3) is 5.69 Å². The number of aliphatic imine (C=N–C) groups is 1. The molecule has 1 unspecified atom stereocenters. The molecule has 1 aromatic heterocycles. The molecule has 25 heavy (non-hydrogen) atoms. The van der Waals surface area contributed by atoms with Crippen molar-refractivity contribution in [1.29, 1.82) is 0 Å². The Kier molecular flexibility index (Phi) is 3.61. The summed E-state index contributed by atoms with van der Waals surface area (Å²) in [5.41, 5.74) is 2.47. The molecule has 3 aromatic rings. The van der Waals surface area contributed by atoms with Gasteiger partial charge in [0.1, 0.15) is 5.84 Å². The van der Waals surface area contributed by atoms with E-state index < -0.39 is 10.0 Å². The first-order valence-electron chi connectivity index (χ1n) is 7.71. The van der Waals surface area contributed by atoms with Gasteiger partial charge in [-0.1, -0.05) is 29.5 Å². The standard InChI is InChI=1S/C17H15N5O2S/c1-12(13-6-8-14(9-7-13)22-11-10-18-21-22)19-17-15-4-2-3-5-16(15)25(23,24)20-17/h2-12H,1H3,(H,19,20). The zero-order valence-corrected chi connectivity index (χ0v) is 14.2. The average molecular weight is 353 g/mol. The van der Waals surface area contributed by atoms with Gasteiger partial charge in [-0.05, 0) is 36.8 Å². The molecule has 8 heteroatoms. The predicted octanol–water partition coefficient (Wildman–Crippen LogP) is 2.07. The minimum Gasteiger partial charge on any atom is -0.263 e. The van der Waals surface area contributed by atoms with E-state index >= 15 is 0 Å². The largest absolute Gasteiger partial charge is 0.263 e. The number of fused-ring (bicyclic) bond motifs is 1. The molecule has 0 fully saturated rings. The summed E-state index contributed by atoms with van der Waals surface area (Å²) in [6.07, 6.45) is 3.38. The maximum atomic E-state index is 12.1. The molecule has 1 aliphatic heterocycles. The molecule has 0 aliphatic carbocycles. The van der Waals surface area contributed by atoms with Crippen molar-refractivity contribution in [3.8, 4) is 5.69 Å². The highest BCUT2D eigenvalue weighted by Gasteiger charge is 2.30. The second-order valence-electron chi connectivity index (χ2n) is 5.69. The maximum Gasteiger partial charge on any atom is 0.263 e. The fourth-order valence-corrected chi connectivity index (χ4v) is 3.99. The van der Waals surface area contributed by atoms with Crippen molar-refractivity contribution in [3.05, 3.63) is 72.1 Å². The lowest BCUT2D eigenvalue weighted by Crippen LogP contribution is -2.22. The lowest BCUT2D eigenvalue weighted by Gasteiger charge is -2.09. The number of benzene rings is 2. The molecule has 0 amide bonds. The van der Waals surface area contributed by atoms with Crippen molar-refractivity contribution >= 4 is 15.9 Å². The first-order valence-corrected chi connectivity index (χ1v) is 9.19. The number of sulfonamides is 1. The number of hydrogen-bond acceptors (Lipinski definition) is 5. The Labute approximate surface area is 145 Å². The molecule has 0 spiro atoms. The highest BCUT2D eigenvalue weighted by atomic mass is 32.2. The molecule has 2 aromatic carbocycles. The van der Waals surface area contributed by atoms with E-state index in [-0.39, 0.29) is 10.9 Å². The summed E-state index contributed by atoms with van der Waals surface area (Å²) in [5.74, 6) is 0.378. The molecular weight excluding hydrogens is 338 g/mol. The van der Waals surface area contributed by atoms with Gasteiger partial charge in [0.05, 0.1) is 29.0 Å². The number of amidine groups is 1. The van der Waals surface area contributed by atoms with E-state index in [4.69, 9.17) is 0 Å². The number of hydrogen-bond donors (Lipinski definition) is 1. The zero-order chi connectivity index (χ0) is 17.4. The lowest BCUT2D eigenvalue weighted by atomic mass is 10.1. The fraction of sp³-hybridized carbons (Fsp3) is 0.118. The Hall–Kier alpha value is -3.00. The topological polar surface area (TPSA) is 89.2 Å². The van der Waals surface area contributed by atoms with Crippen molar-refractivity contribution in [1.82, 2.24) is 19.7 Å². The van der Waals surface area contributed by atoms with Crippen LogP contribution in [0.4, 0.5) is 0 Å². The molecule has 7 nitrogen and oxygen atoms in total. The van der Waals surface area contributed by atoms with Gasteiger partial charge in [-0.25, -0.2) is 13.1 Å². The van der Waals surface area contributed by atoms with Crippen LogP contribution in [0.2, 0.25) is 0 Å². The van der Waals surface area contributed by atoms with Crippen molar-refractivity contribution < 1.29 is 8.42 Å². The van der Waals surface area contributed by atoms with Gasteiger partial charge in [-0.2, -0.15) is 0 Å². The van der Waals surface area contributed by atoms with E-state index in [0.717, 1.165) is 11.3 Å². The predicted molar refractivity (Wildman–Crippen MR) is 93.1 cm³/mol. The second kappa shape index (κ2) is 5.82. The molecule has 1 aliphatic rings. The molecular formula is C17H15N5O2S. The van der Waals surface area contributed by atoms with E-state index in [1.807, 2.05) is 31.2 Å². The van der Waals surface area contributed by atoms with Crippen LogP contribution in [-0.4, -0.2) is 29.2 Å². The van der Waals surface area contributed by atoms with Crippen molar-refractivity contribution in [2.75, 3.05) is 0 Å². The van der Waals surface area contributed by atoms with Crippen LogP contribution in [0.1, 0.15) is 24.1 Å². The number of nitrogens with zero attached hydrogens (tertiary/aromatic N) is 4. The molecule has 126 valence electrons. The first-order chi connectivity index (χ1) is 12.0. The van der Waals surface area contributed by atoms with Gasteiger partial charge in [0.15, 0.2) is 0 Å². The van der Waals surface area contributed by atoms with E-state index in [2.05, 4.69) is 20.0 Å². The number of rotatable bonds is 3. The summed E-state index contributed by atoms with van der Waals surface area (Å²) in [4.78, 5) is 4.83. The smallest absolute Gasteiger partial charge is 0.263 e. The molecule has 0 saturated carbocycles. The average Bonchev–Trinajstić information content (AvgIpc) is 3.23. The summed E-state index contributed by atoms with van der Waals surface area (Å²) in [7, 11) is -3.52. The SMILES string of the molecule is CC(N=C1NS(=O)(=O)c2ccccc21)c1ccc(-n2ccnn2)cc1. The first kappa shape index (κ1) is 15.5. The van der Waals surface area contributed by atoms with E-state index in [1.165, 1.54) is 0 Å². The van der Waals surface area contributed by atoms with Crippen LogP contribution >= 0.6 is 0 Å². The number of nitrogens with one attached hydrogen (secondary N) is 1. The van der Waals surface area contributed by atoms with Crippen LogP contribution in [-0.2, 0) is 10.0 Å². The molecule has 0 bridgehead atoms. The Balaban J connectivity index is 1.64. The van der Waals surface area contributed by atoms with Crippen LogP contribution in [0.15, 0.2) is 70.8 Å². The van der Waals surface area contributed by atoms with Gasteiger partial charge < -0.3 is 0 Å². The highest BCUT2D eigenvalue weighted by Crippen LogP contribution is 2.25. The monoisotopic (exact) mass is 353 g/mol. The van der Waals surface area contributed by atoms with Crippen molar-refractivity contribution in [2.45, 2.75) is 17.9 Å². The van der Waals surface area contributed by atoms with Gasteiger partial charge in [0.25, 0.3) is 10.0 Å². The third-order valence-corrected chi connectivity index (χ3v) is 5.45. The summed E-state index contributed by atoms with van der Waals surface area (Å²) >= 11 is 0. The molecule has 0 saturated heterocycles. The van der Waals surface area contributed by atoms with Crippen LogP contribution in [0.5, 0.6) is 0 Å². The fourth-order valence-electron chi connectivity index (χ4n) is 2.75. The molecule has 0 radical (unpaired) electrons. The second-order valence-corrected chi connectivity index (χ2v) is 7.35. The minimum atomic E-state index is -3.52.